The van der Waals surface area contributed by atoms with Gasteiger partial charge in [-0.2, -0.15) is 0 Å². The minimum atomic E-state index is -0.949. The number of carbonyl (C=O) groups is 1. The molecule has 0 atom stereocenters. The van der Waals surface area contributed by atoms with E-state index >= 15 is 0 Å². The van der Waals surface area contributed by atoms with Gasteiger partial charge in [-0.3, -0.25) is 4.40 Å². The fourth-order valence-corrected chi connectivity index (χ4v) is 2.32. The van der Waals surface area contributed by atoms with Crippen LogP contribution in [0.2, 0.25) is 0 Å². The smallest absolute Gasteiger partial charge is 0.352 e. The summed E-state index contributed by atoms with van der Waals surface area (Å²) in [5, 5.41) is 9.18. The predicted molar refractivity (Wildman–Crippen MR) is 76.1 cm³/mol. The zero-order chi connectivity index (χ0) is 14.1. The number of hydrogen-bond acceptors (Lipinski definition) is 2. The molecule has 3 aromatic rings. The Morgan fingerprint density at radius 2 is 2.00 bits per heavy atom. The van der Waals surface area contributed by atoms with Crippen molar-refractivity contribution in [3.05, 3.63) is 71.2 Å². The Labute approximate surface area is 116 Å². The average molecular weight is 266 g/mol. The van der Waals surface area contributed by atoms with Crippen molar-refractivity contribution < 1.29 is 9.90 Å². The topological polar surface area (TPSA) is 54.6 Å². The molecule has 0 unspecified atom stereocenters. The summed E-state index contributed by atoms with van der Waals surface area (Å²) in [6.45, 7) is 2.06. The Morgan fingerprint density at radius 1 is 1.20 bits per heavy atom. The van der Waals surface area contributed by atoms with Gasteiger partial charge in [0.15, 0.2) is 0 Å². The summed E-state index contributed by atoms with van der Waals surface area (Å²) >= 11 is 0. The van der Waals surface area contributed by atoms with Crippen LogP contribution in [0.3, 0.4) is 0 Å². The maximum atomic E-state index is 11.2. The summed E-state index contributed by atoms with van der Waals surface area (Å²) in [6, 6.07) is 13.2. The highest BCUT2D eigenvalue weighted by Crippen LogP contribution is 2.15. The second kappa shape index (κ2) is 4.81. The van der Waals surface area contributed by atoms with Gasteiger partial charge in [-0.25, -0.2) is 9.78 Å². The quantitative estimate of drug-likeness (QED) is 0.793. The van der Waals surface area contributed by atoms with E-state index in [4.69, 9.17) is 0 Å². The first-order chi connectivity index (χ1) is 9.65. The number of fused-ring (bicyclic) bond motifs is 1. The summed E-state index contributed by atoms with van der Waals surface area (Å²) in [6.07, 6.45) is 2.50. The number of aromatic carboxylic acids is 1. The van der Waals surface area contributed by atoms with Crippen LogP contribution in [0.15, 0.2) is 48.7 Å². The van der Waals surface area contributed by atoms with E-state index in [0.29, 0.717) is 12.1 Å². The van der Waals surface area contributed by atoms with Gasteiger partial charge in [0.2, 0.25) is 0 Å². The minimum absolute atomic E-state index is 0.228. The molecule has 2 heterocycles. The molecule has 1 aromatic carbocycles. The van der Waals surface area contributed by atoms with Gasteiger partial charge in [0.05, 0.1) is 5.69 Å². The third-order valence-corrected chi connectivity index (χ3v) is 3.39. The number of carboxylic acid groups (broad SMARTS) is 1. The van der Waals surface area contributed by atoms with Gasteiger partial charge in [0, 0.05) is 12.6 Å². The van der Waals surface area contributed by atoms with Crippen LogP contribution in [0.1, 0.15) is 27.3 Å². The fraction of sp³-hybridized carbons (Fsp3) is 0.125. The highest BCUT2D eigenvalue weighted by atomic mass is 16.4. The molecule has 0 bridgehead atoms. The number of pyridine rings is 1. The lowest BCUT2D eigenvalue weighted by Gasteiger charge is -2.02. The number of benzene rings is 1. The molecular formula is C16H14N2O2. The highest BCUT2D eigenvalue weighted by molar-refractivity contribution is 5.86. The Balaban J connectivity index is 2.04. The lowest BCUT2D eigenvalue weighted by Crippen LogP contribution is -2.03. The van der Waals surface area contributed by atoms with E-state index in [1.165, 1.54) is 11.1 Å². The molecule has 0 amide bonds. The van der Waals surface area contributed by atoms with Gasteiger partial charge in [0.25, 0.3) is 0 Å². The Bertz CT molecular complexity index is 790. The van der Waals surface area contributed by atoms with Crippen LogP contribution in [0.25, 0.3) is 5.65 Å². The van der Waals surface area contributed by atoms with Gasteiger partial charge in [-0.15, -0.1) is 0 Å². The standard InChI is InChI=1S/C16H14N2O2/c1-11-5-2-3-6-12(11)9-13-10-18-14(16(19)20)7-4-8-15(18)17-13/h2-8,10H,9H2,1H3,(H,19,20). The summed E-state index contributed by atoms with van der Waals surface area (Å²) in [7, 11) is 0. The third-order valence-electron chi connectivity index (χ3n) is 3.39. The molecule has 0 aliphatic carbocycles. The number of carboxylic acids is 1. The molecule has 0 saturated heterocycles. The van der Waals surface area contributed by atoms with E-state index < -0.39 is 5.97 Å². The molecule has 1 N–H and O–H groups in total. The molecule has 4 heteroatoms. The average Bonchev–Trinajstić information content (AvgIpc) is 2.83. The lowest BCUT2D eigenvalue weighted by atomic mass is 10.0. The van der Waals surface area contributed by atoms with E-state index in [1.807, 2.05) is 18.2 Å². The van der Waals surface area contributed by atoms with E-state index in [1.54, 1.807) is 22.7 Å². The van der Waals surface area contributed by atoms with Crippen molar-refractivity contribution in [2.24, 2.45) is 0 Å². The van der Waals surface area contributed by atoms with Crippen LogP contribution in [0.5, 0.6) is 0 Å². The summed E-state index contributed by atoms with van der Waals surface area (Å²) in [5.41, 5.74) is 4.17. The number of imidazole rings is 1. The summed E-state index contributed by atoms with van der Waals surface area (Å²) in [5.74, 6) is -0.949. The van der Waals surface area contributed by atoms with Crippen molar-refractivity contribution in [2.75, 3.05) is 0 Å². The number of nitrogens with zero attached hydrogens (tertiary/aromatic N) is 2. The Kier molecular flexibility index (Phi) is 2.99. The van der Waals surface area contributed by atoms with Crippen molar-refractivity contribution in [3.63, 3.8) is 0 Å². The zero-order valence-corrected chi connectivity index (χ0v) is 11.1. The van der Waals surface area contributed by atoms with Gasteiger partial charge in [0.1, 0.15) is 11.3 Å². The largest absolute Gasteiger partial charge is 0.477 e. The number of rotatable bonds is 3. The van der Waals surface area contributed by atoms with E-state index in [9.17, 15) is 9.90 Å². The van der Waals surface area contributed by atoms with Gasteiger partial charge >= 0.3 is 5.97 Å². The normalized spacial score (nSPS) is 10.8. The highest BCUT2D eigenvalue weighted by Gasteiger charge is 2.11. The van der Waals surface area contributed by atoms with E-state index in [2.05, 4.69) is 24.0 Å². The second-order valence-electron chi connectivity index (χ2n) is 4.78. The van der Waals surface area contributed by atoms with Crippen LogP contribution in [0, 0.1) is 6.92 Å². The maximum Gasteiger partial charge on any atom is 0.352 e. The Hall–Kier alpha value is -2.62. The zero-order valence-electron chi connectivity index (χ0n) is 11.1. The van der Waals surface area contributed by atoms with Crippen molar-refractivity contribution in [3.8, 4) is 0 Å². The SMILES string of the molecule is Cc1ccccc1Cc1cn2c(C(=O)O)cccc2n1. The van der Waals surface area contributed by atoms with Crippen LogP contribution >= 0.6 is 0 Å². The molecule has 3 rings (SSSR count). The molecule has 2 aromatic heterocycles. The maximum absolute atomic E-state index is 11.2. The summed E-state index contributed by atoms with van der Waals surface area (Å²) < 4.78 is 1.62. The molecular weight excluding hydrogens is 252 g/mol. The van der Waals surface area contributed by atoms with Crippen molar-refractivity contribution >= 4 is 11.6 Å². The fourth-order valence-electron chi connectivity index (χ4n) is 2.32. The van der Waals surface area contributed by atoms with Crippen molar-refractivity contribution in [2.45, 2.75) is 13.3 Å². The van der Waals surface area contributed by atoms with Crippen LogP contribution in [0.4, 0.5) is 0 Å². The van der Waals surface area contributed by atoms with Crippen LogP contribution in [-0.2, 0) is 6.42 Å². The number of hydrogen-bond donors (Lipinski definition) is 1. The van der Waals surface area contributed by atoms with E-state index in [-0.39, 0.29) is 5.69 Å². The van der Waals surface area contributed by atoms with Crippen LogP contribution in [-0.4, -0.2) is 20.5 Å². The molecule has 0 saturated carbocycles. The third kappa shape index (κ3) is 2.16. The molecule has 100 valence electrons. The minimum Gasteiger partial charge on any atom is -0.477 e. The predicted octanol–water partition coefficient (Wildman–Crippen LogP) is 2.93. The first kappa shape index (κ1) is 12.4. The Morgan fingerprint density at radius 3 is 2.75 bits per heavy atom. The van der Waals surface area contributed by atoms with Crippen LogP contribution < -0.4 is 0 Å². The first-order valence-corrected chi connectivity index (χ1v) is 6.40. The molecule has 4 nitrogen and oxygen atoms in total. The monoisotopic (exact) mass is 266 g/mol. The molecule has 0 fully saturated rings. The molecule has 0 radical (unpaired) electrons. The summed E-state index contributed by atoms with van der Waals surface area (Å²) in [4.78, 5) is 15.7. The lowest BCUT2D eigenvalue weighted by molar-refractivity contribution is 0.0689. The second-order valence-corrected chi connectivity index (χ2v) is 4.78. The first-order valence-electron chi connectivity index (χ1n) is 6.40. The van der Waals surface area contributed by atoms with Crippen molar-refractivity contribution in [1.82, 2.24) is 9.38 Å². The number of aryl methyl sites for hydroxylation is 1. The number of aromatic nitrogens is 2. The molecule has 20 heavy (non-hydrogen) atoms. The van der Waals surface area contributed by atoms with Gasteiger partial charge in [-0.1, -0.05) is 30.3 Å². The molecule has 0 aliphatic rings. The van der Waals surface area contributed by atoms with Gasteiger partial charge < -0.3 is 5.11 Å². The molecule has 0 spiro atoms. The van der Waals surface area contributed by atoms with Gasteiger partial charge in [-0.05, 0) is 30.2 Å². The van der Waals surface area contributed by atoms with Crippen molar-refractivity contribution in [1.29, 1.82) is 0 Å². The van der Waals surface area contributed by atoms with E-state index in [0.717, 1.165) is 5.69 Å². The molecule has 0 aliphatic heterocycles.